The smallest absolute Gasteiger partial charge is 0.325 e. The second-order valence-corrected chi connectivity index (χ2v) is 5.75. The van der Waals surface area contributed by atoms with Crippen LogP contribution in [0.2, 0.25) is 5.02 Å². The number of aryl methyl sites for hydroxylation is 1. The summed E-state index contributed by atoms with van der Waals surface area (Å²) < 4.78 is 5.73. The van der Waals surface area contributed by atoms with Crippen molar-refractivity contribution in [2.24, 2.45) is 0 Å². The molecule has 2 N–H and O–H groups in total. The number of halogens is 1. The van der Waals surface area contributed by atoms with Crippen molar-refractivity contribution in [1.82, 2.24) is 9.97 Å². The summed E-state index contributed by atoms with van der Waals surface area (Å²) in [5.74, 6) is 0.950. The van der Waals surface area contributed by atoms with Crippen molar-refractivity contribution in [2.75, 3.05) is 17.2 Å². The Morgan fingerprint density at radius 1 is 1.21 bits per heavy atom. The Balaban J connectivity index is 2.00. The van der Waals surface area contributed by atoms with Crippen LogP contribution in [0.1, 0.15) is 31.9 Å². The minimum Gasteiger partial charge on any atom is -0.491 e. The van der Waals surface area contributed by atoms with Crippen LogP contribution in [0.15, 0.2) is 30.6 Å². The molecule has 0 aliphatic carbocycles. The number of carbonyl (C=O) groups excluding carboxylic acids is 1. The zero-order valence-electron chi connectivity index (χ0n) is 13.8. The minimum atomic E-state index is -0.436. The van der Waals surface area contributed by atoms with Gasteiger partial charge in [0, 0.05) is 5.02 Å². The number of rotatable bonds is 7. The van der Waals surface area contributed by atoms with Crippen LogP contribution in [0.4, 0.5) is 16.3 Å². The van der Waals surface area contributed by atoms with Gasteiger partial charge in [0.1, 0.15) is 5.75 Å². The molecule has 0 atom stereocenters. The van der Waals surface area contributed by atoms with Gasteiger partial charge in [-0.3, -0.25) is 10.3 Å². The lowest BCUT2D eigenvalue weighted by Crippen LogP contribution is -2.20. The summed E-state index contributed by atoms with van der Waals surface area (Å²) in [7, 11) is 0. The summed E-state index contributed by atoms with van der Waals surface area (Å²) in [6.07, 6.45) is 6.26. The Kier molecular flexibility index (Phi) is 6.81. The predicted octanol–water partition coefficient (Wildman–Crippen LogP) is 4.65. The monoisotopic (exact) mass is 348 g/mol. The molecule has 128 valence electrons. The van der Waals surface area contributed by atoms with Gasteiger partial charge in [-0.05, 0) is 31.5 Å². The van der Waals surface area contributed by atoms with Crippen molar-refractivity contribution in [1.29, 1.82) is 0 Å². The van der Waals surface area contributed by atoms with Crippen LogP contribution in [0.3, 0.4) is 0 Å². The number of carbonyl (C=O) groups is 1. The maximum atomic E-state index is 12.1. The van der Waals surface area contributed by atoms with Crippen LogP contribution >= 0.6 is 11.6 Å². The number of hydrogen-bond donors (Lipinski definition) is 2. The highest BCUT2D eigenvalue weighted by molar-refractivity contribution is 6.31. The number of benzene rings is 1. The largest absolute Gasteiger partial charge is 0.491 e. The Morgan fingerprint density at radius 3 is 2.75 bits per heavy atom. The van der Waals surface area contributed by atoms with Gasteiger partial charge in [0.2, 0.25) is 0 Å². The molecule has 0 radical (unpaired) electrons. The van der Waals surface area contributed by atoms with Crippen molar-refractivity contribution in [3.63, 3.8) is 0 Å². The van der Waals surface area contributed by atoms with E-state index in [1.807, 2.05) is 6.92 Å². The zero-order valence-corrected chi connectivity index (χ0v) is 14.6. The summed E-state index contributed by atoms with van der Waals surface area (Å²) in [5.41, 5.74) is 1.29. The topological polar surface area (TPSA) is 76.1 Å². The van der Waals surface area contributed by atoms with Crippen LogP contribution in [0.25, 0.3) is 0 Å². The first kappa shape index (κ1) is 18.0. The number of nitrogens with zero attached hydrogens (tertiary/aromatic N) is 2. The van der Waals surface area contributed by atoms with Gasteiger partial charge in [-0.2, -0.15) is 0 Å². The van der Waals surface area contributed by atoms with Crippen LogP contribution in [-0.2, 0) is 0 Å². The van der Waals surface area contributed by atoms with E-state index in [0.29, 0.717) is 28.9 Å². The first-order valence-electron chi connectivity index (χ1n) is 7.87. The third-order valence-corrected chi connectivity index (χ3v) is 3.45. The number of nitrogens with one attached hydrogen (secondary N) is 2. The third-order valence-electron chi connectivity index (χ3n) is 3.22. The molecule has 0 aliphatic rings. The van der Waals surface area contributed by atoms with Gasteiger partial charge in [-0.1, -0.05) is 31.4 Å². The van der Waals surface area contributed by atoms with Crippen LogP contribution in [0.5, 0.6) is 5.75 Å². The van der Waals surface area contributed by atoms with E-state index in [2.05, 4.69) is 27.5 Å². The molecule has 24 heavy (non-hydrogen) atoms. The van der Waals surface area contributed by atoms with Crippen molar-refractivity contribution in [3.05, 3.63) is 41.3 Å². The number of aromatic nitrogens is 2. The molecular weight excluding hydrogens is 328 g/mol. The number of urea groups is 1. The number of ether oxygens (including phenoxy) is 1. The molecule has 0 unspecified atom stereocenters. The van der Waals surface area contributed by atoms with E-state index < -0.39 is 6.03 Å². The van der Waals surface area contributed by atoms with E-state index in [-0.39, 0.29) is 0 Å². The molecule has 1 aromatic carbocycles. The van der Waals surface area contributed by atoms with E-state index >= 15 is 0 Å². The second-order valence-electron chi connectivity index (χ2n) is 5.32. The average Bonchev–Trinajstić information content (AvgIpc) is 2.55. The minimum absolute atomic E-state index is 0.366. The van der Waals surface area contributed by atoms with Gasteiger partial charge >= 0.3 is 6.03 Å². The molecule has 0 saturated carbocycles. The molecule has 0 aliphatic heterocycles. The molecule has 0 bridgehead atoms. The van der Waals surface area contributed by atoms with Crippen molar-refractivity contribution >= 4 is 29.1 Å². The predicted molar refractivity (Wildman–Crippen MR) is 95.9 cm³/mol. The molecule has 1 heterocycles. The highest BCUT2D eigenvalue weighted by Crippen LogP contribution is 2.28. The van der Waals surface area contributed by atoms with Crippen molar-refractivity contribution < 1.29 is 9.53 Å². The van der Waals surface area contributed by atoms with Gasteiger partial charge in [0.25, 0.3) is 0 Å². The van der Waals surface area contributed by atoms with Gasteiger partial charge < -0.3 is 10.1 Å². The normalized spacial score (nSPS) is 10.3. The van der Waals surface area contributed by atoms with E-state index in [4.69, 9.17) is 16.3 Å². The molecule has 0 spiro atoms. The molecular formula is C17H21ClN4O2. The molecule has 6 nitrogen and oxygen atoms in total. The van der Waals surface area contributed by atoms with Crippen molar-refractivity contribution in [2.45, 2.75) is 33.1 Å². The number of amides is 2. The van der Waals surface area contributed by atoms with Crippen LogP contribution in [0, 0.1) is 6.92 Å². The van der Waals surface area contributed by atoms with Gasteiger partial charge in [0.05, 0.1) is 30.4 Å². The fourth-order valence-corrected chi connectivity index (χ4v) is 2.16. The molecule has 0 saturated heterocycles. The van der Waals surface area contributed by atoms with E-state index in [1.54, 1.807) is 24.4 Å². The van der Waals surface area contributed by atoms with Gasteiger partial charge in [-0.15, -0.1) is 0 Å². The molecule has 2 rings (SSSR count). The number of anilines is 2. The zero-order chi connectivity index (χ0) is 17.4. The van der Waals surface area contributed by atoms with E-state index in [1.165, 1.54) is 6.20 Å². The summed E-state index contributed by atoms with van der Waals surface area (Å²) in [6, 6.07) is 4.69. The number of unbranched alkanes of at least 4 members (excludes halogenated alkanes) is 2. The Hall–Kier alpha value is -2.34. The highest BCUT2D eigenvalue weighted by atomic mass is 35.5. The van der Waals surface area contributed by atoms with Gasteiger partial charge in [0.15, 0.2) is 5.82 Å². The van der Waals surface area contributed by atoms with E-state index in [0.717, 1.165) is 25.0 Å². The summed E-state index contributed by atoms with van der Waals surface area (Å²) in [6.45, 7) is 4.55. The summed E-state index contributed by atoms with van der Waals surface area (Å²) >= 11 is 6.01. The molecule has 2 amide bonds. The first-order valence-corrected chi connectivity index (χ1v) is 8.25. The lowest BCUT2D eigenvalue weighted by Gasteiger charge is -2.13. The van der Waals surface area contributed by atoms with Gasteiger partial charge in [-0.25, -0.2) is 9.78 Å². The van der Waals surface area contributed by atoms with Crippen LogP contribution in [-0.4, -0.2) is 22.6 Å². The standard InChI is InChI=1S/C17H21ClN4O2/c1-3-4-5-8-24-15-7-6-13(18)9-14(15)21-17(23)22-16-11-19-12(2)10-20-16/h6-7,9-11H,3-5,8H2,1-2H3,(H2,20,21,22,23). The van der Waals surface area contributed by atoms with Crippen molar-refractivity contribution in [3.8, 4) is 5.75 Å². The summed E-state index contributed by atoms with van der Waals surface area (Å²) in [4.78, 5) is 20.3. The number of hydrogen-bond acceptors (Lipinski definition) is 4. The lowest BCUT2D eigenvalue weighted by molar-refractivity contribution is 0.261. The molecule has 1 aromatic heterocycles. The Bertz CT molecular complexity index is 677. The Labute approximate surface area is 146 Å². The fourth-order valence-electron chi connectivity index (χ4n) is 1.99. The second kappa shape index (κ2) is 9.08. The molecule has 7 heteroatoms. The SMILES string of the molecule is CCCCCOc1ccc(Cl)cc1NC(=O)Nc1cnc(C)cn1. The molecule has 0 fully saturated rings. The highest BCUT2D eigenvalue weighted by Gasteiger charge is 2.10. The molecule has 2 aromatic rings. The maximum Gasteiger partial charge on any atom is 0.325 e. The summed E-state index contributed by atoms with van der Waals surface area (Å²) in [5, 5.41) is 5.86. The first-order chi connectivity index (χ1) is 11.6. The lowest BCUT2D eigenvalue weighted by atomic mass is 10.2. The maximum absolute atomic E-state index is 12.1. The Morgan fingerprint density at radius 2 is 2.04 bits per heavy atom. The fraction of sp³-hybridized carbons (Fsp3) is 0.353. The van der Waals surface area contributed by atoms with E-state index in [9.17, 15) is 4.79 Å². The van der Waals surface area contributed by atoms with Crippen LogP contribution < -0.4 is 15.4 Å². The average molecular weight is 349 g/mol. The quantitative estimate of drug-likeness (QED) is 0.714. The third kappa shape index (κ3) is 5.70.